The van der Waals surface area contributed by atoms with Crippen LogP contribution in [0.2, 0.25) is 5.02 Å². The summed E-state index contributed by atoms with van der Waals surface area (Å²) in [6, 6.07) is 17.5. The van der Waals surface area contributed by atoms with E-state index < -0.39 is 11.9 Å². The monoisotopic (exact) mass is 433 g/mol. The molecule has 0 bridgehead atoms. The third kappa shape index (κ3) is 4.85. The van der Waals surface area contributed by atoms with Gasteiger partial charge < -0.3 is 14.6 Å². The van der Waals surface area contributed by atoms with Crippen LogP contribution in [0, 0.1) is 25.2 Å². The van der Waals surface area contributed by atoms with Crippen LogP contribution in [-0.2, 0) is 9.53 Å². The van der Waals surface area contributed by atoms with Crippen molar-refractivity contribution < 1.29 is 14.3 Å². The first-order valence-electron chi connectivity index (χ1n) is 9.40. The van der Waals surface area contributed by atoms with Crippen LogP contribution in [0.25, 0.3) is 11.8 Å². The maximum absolute atomic E-state index is 12.6. The Morgan fingerprint density at radius 1 is 1.13 bits per heavy atom. The van der Waals surface area contributed by atoms with Gasteiger partial charge in [0.25, 0.3) is 5.91 Å². The van der Waals surface area contributed by atoms with Crippen molar-refractivity contribution in [1.29, 1.82) is 5.26 Å². The third-order valence-electron chi connectivity index (χ3n) is 4.76. The molecular weight excluding hydrogens is 414 g/mol. The third-order valence-corrected chi connectivity index (χ3v) is 5.01. The van der Waals surface area contributed by atoms with Crippen molar-refractivity contribution >= 4 is 35.2 Å². The molecule has 0 unspecified atom stereocenters. The summed E-state index contributed by atoms with van der Waals surface area (Å²) in [6.45, 7) is 3.80. The van der Waals surface area contributed by atoms with E-state index in [1.54, 1.807) is 48.5 Å². The van der Waals surface area contributed by atoms with Crippen LogP contribution in [0.4, 0.5) is 5.69 Å². The second kappa shape index (κ2) is 9.33. The summed E-state index contributed by atoms with van der Waals surface area (Å²) in [5.74, 6) is -0.933. The summed E-state index contributed by atoms with van der Waals surface area (Å²) < 4.78 is 6.74. The molecule has 0 atom stereocenters. The summed E-state index contributed by atoms with van der Waals surface area (Å²) in [4.78, 5) is 24.4. The van der Waals surface area contributed by atoms with E-state index in [2.05, 4.69) is 5.32 Å². The molecule has 0 aliphatic carbocycles. The summed E-state index contributed by atoms with van der Waals surface area (Å²) in [6.07, 6.45) is 1.55. The second-order valence-electron chi connectivity index (χ2n) is 6.83. The van der Waals surface area contributed by atoms with Crippen molar-refractivity contribution in [3.63, 3.8) is 0 Å². The Bertz CT molecular complexity index is 1220. The number of aromatic nitrogens is 1. The van der Waals surface area contributed by atoms with Crippen LogP contribution >= 0.6 is 11.6 Å². The van der Waals surface area contributed by atoms with E-state index in [4.69, 9.17) is 16.3 Å². The minimum Gasteiger partial charge on any atom is -0.465 e. The molecule has 0 fully saturated rings. The zero-order chi connectivity index (χ0) is 22.5. The smallest absolute Gasteiger partial charge is 0.337 e. The fourth-order valence-corrected chi connectivity index (χ4v) is 3.38. The number of hydrogen-bond acceptors (Lipinski definition) is 4. The maximum atomic E-state index is 12.6. The van der Waals surface area contributed by atoms with Gasteiger partial charge in [-0.05, 0) is 74.0 Å². The molecule has 3 aromatic rings. The SMILES string of the molecule is COC(=O)c1cccc(-n2c(C)cc(C=C(C#N)C(=O)Nc3ccc(Cl)cc3)c2C)c1. The number of ether oxygens (including phenoxy) is 1. The molecule has 1 heterocycles. The average molecular weight is 434 g/mol. The van der Waals surface area contributed by atoms with E-state index in [0.29, 0.717) is 16.3 Å². The number of aryl methyl sites for hydroxylation is 1. The molecule has 0 aliphatic rings. The Morgan fingerprint density at radius 3 is 2.48 bits per heavy atom. The number of nitrogens with zero attached hydrogens (tertiary/aromatic N) is 2. The maximum Gasteiger partial charge on any atom is 0.337 e. The Hall–Kier alpha value is -3.82. The highest BCUT2D eigenvalue weighted by atomic mass is 35.5. The summed E-state index contributed by atoms with van der Waals surface area (Å²) in [5, 5.41) is 12.8. The van der Waals surface area contributed by atoms with Crippen molar-refractivity contribution in [2.45, 2.75) is 13.8 Å². The number of nitrogens with one attached hydrogen (secondary N) is 1. The molecular formula is C24H20ClN3O3. The summed E-state index contributed by atoms with van der Waals surface area (Å²) >= 11 is 5.86. The van der Waals surface area contributed by atoms with Crippen LogP contribution in [0.1, 0.15) is 27.3 Å². The van der Waals surface area contributed by atoms with Gasteiger partial charge in [-0.1, -0.05) is 17.7 Å². The van der Waals surface area contributed by atoms with E-state index in [9.17, 15) is 14.9 Å². The lowest BCUT2D eigenvalue weighted by Crippen LogP contribution is -2.13. The van der Waals surface area contributed by atoms with Crippen LogP contribution in [-0.4, -0.2) is 23.6 Å². The zero-order valence-corrected chi connectivity index (χ0v) is 18.0. The molecule has 0 saturated carbocycles. The molecule has 0 spiro atoms. The lowest BCUT2D eigenvalue weighted by Gasteiger charge is -2.11. The van der Waals surface area contributed by atoms with Crippen molar-refractivity contribution in [2.75, 3.05) is 12.4 Å². The number of hydrogen-bond donors (Lipinski definition) is 1. The largest absolute Gasteiger partial charge is 0.465 e. The van der Waals surface area contributed by atoms with Crippen LogP contribution in [0.5, 0.6) is 0 Å². The number of halogens is 1. The van der Waals surface area contributed by atoms with Gasteiger partial charge in [0, 0.05) is 27.8 Å². The molecule has 0 radical (unpaired) electrons. The van der Waals surface area contributed by atoms with Crippen LogP contribution in [0.15, 0.2) is 60.2 Å². The number of esters is 1. The van der Waals surface area contributed by atoms with Gasteiger partial charge in [-0.15, -0.1) is 0 Å². The molecule has 1 aromatic heterocycles. The standard InChI is InChI=1S/C24H20ClN3O3/c1-15-11-18(12-19(14-26)23(29)27-21-9-7-20(25)8-10-21)16(2)28(15)22-6-4-5-17(13-22)24(30)31-3/h4-13H,1-3H3,(H,27,29). The number of amides is 1. The Balaban J connectivity index is 1.94. The molecule has 6 nitrogen and oxygen atoms in total. The van der Waals surface area contributed by atoms with Gasteiger partial charge in [-0.2, -0.15) is 5.26 Å². The fourth-order valence-electron chi connectivity index (χ4n) is 3.26. The normalized spacial score (nSPS) is 11.0. The van der Waals surface area contributed by atoms with Crippen molar-refractivity contribution in [2.24, 2.45) is 0 Å². The highest BCUT2D eigenvalue weighted by molar-refractivity contribution is 6.30. The average Bonchev–Trinajstić information content (AvgIpc) is 3.05. The first kappa shape index (κ1) is 21.9. The van der Waals surface area contributed by atoms with Crippen molar-refractivity contribution in [3.05, 3.63) is 87.7 Å². The lowest BCUT2D eigenvalue weighted by atomic mass is 10.1. The van der Waals surface area contributed by atoms with Crippen molar-refractivity contribution in [1.82, 2.24) is 4.57 Å². The van der Waals surface area contributed by atoms with Gasteiger partial charge >= 0.3 is 5.97 Å². The number of rotatable bonds is 5. The van der Waals surface area contributed by atoms with Crippen LogP contribution < -0.4 is 5.32 Å². The van der Waals surface area contributed by atoms with Gasteiger partial charge in [0.15, 0.2) is 0 Å². The molecule has 3 rings (SSSR count). The molecule has 0 saturated heterocycles. The van der Waals surface area contributed by atoms with Gasteiger partial charge in [0.1, 0.15) is 11.6 Å². The van der Waals surface area contributed by atoms with Gasteiger partial charge in [-0.3, -0.25) is 4.79 Å². The van der Waals surface area contributed by atoms with Crippen molar-refractivity contribution in [3.8, 4) is 11.8 Å². The van der Waals surface area contributed by atoms with Gasteiger partial charge in [0.05, 0.1) is 12.7 Å². The van der Waals surface area contributed by atoms with E-state index in [0.717, 1.165) is 22.6 Å². The number of benzene rings is 2. The fraction of sp³-hybridized carbons (Fsp3) is 0.125. The number of anilines is 1. The first-order chi connectivity index (χ1) is 14.8. The predicted octanol–water partition coefficient (Wildman–Crippen LogP) is 5.08. The minimum atomic E-state index is -0.512. The highest BCUT2D eigenvalue weighted by Crippen LogP contribution is 2.24. The minimum absolute atomic E-state index is 0.0292. The molecule has 1 amide bonds. The lowest BCUT2D eigenvalue weighted by molar-refractivity contribution is -0.112. The number of nitriles is 1. The Kier molecular flexibility index (Phi) is 6.58. The predicted molar refractivity (Wildman–Crippen MR) is 120 cm³/mol. The quantitative estimate of drug-likeness (QED) is 0.345. The first-order valence-corrected chi connectivity index (χ1v) is 9.78. The second-order valence-corrected chi connectivity index (χ2v) is 7.27. The summed E-state index contributed by atoms with van der Waals surface area (Å²) in [5.41, 5.74) is 4.17. The topological polar surface area (TPSA) is 84.1 Å². The molecule has 156 valence electrons. The van der Waals surface area contributed by atoms with Crippen LogP contribution in [0.3, 0.4) is 0 Å². The molecule has 1 N–H and O–H groups in total. The zero-order valence-electron chi connectivity index (χ0n) is 17.3. The number of carbonyl (C=O) groups excluding carboxylic acids is 2. The van der Waals surface area contributed by atoms with E-state index in [-0.39, 0.29) is 5.57 Å². The van der Waals surface area contributed by atoms with Gasteiger partial charge in [0.2, 0.25) is 0 Å². The number of carbonyl (C=O) groups is 2. The Labute approximate surface area is 185 Å². The Morgan fingerprint density at radius 2 is 1.84 bits per heavy atom. The molecule has 2 aromatic carbocycles. The number of methoxy groups -OCH3 is 1. The van der Waals surface area contributed by atoms with E-state index in [1.165, 1.54) is 7.11 Å². The molecule has 0 aliphatic heterocycles. The molecule has 31 heavy (non-hydrogen) atoms. The van der Waals surface area contributed by atoms with E-state index in [1.807, 2.05) is 36.6 Å². The highest BCUT2D eigenvalue weighted by Gasteiger charge is 2.15. The molecule has 7 heteroatoms. The van der Waals surface area contributed by atoms with E-state index >= 15 is 0 Å². The summed E-state index contributed by atoms with van der Waals surface area (Å²) in [7, 11) is 1.34. The van der Waals surface area contributed by atoms with Gasteiger partial charge in [-0.25, -0.2) is 4.79 Å².